The zero-order valence-electron chi connectivity index (χ0n) is 15.5. The van der Waals surface area contributed by atoms with Crippen molar-refractivity contribution < 1.29 is 18.8 Å². The number of aromatic nitrogens is 1. The number of ether oxygens (including phenoxy) is 2. The van der Waals surface area contributed by atoms with Gasteiger partial charge in [0.05, 0.1) is 14.2 Å². The van der Waals surface area contributed by atoms with E-state index in [0.29, 0.717) is 42.0 Å². The van der Waals surface area contributed by atoms with E-state index in [2.05, 4.69) is 10.5 Å². The summed E-state index contributed by atoms with van der Waals surface area (Å²) in [5.74, 6) is 1.67. The van der Waals surface area contributed by atoms with Gasteiger partial charge in [0.2, 0.25) is 0 Å². The summed E-state index contributed by atoms with van der Waals surface area (Å²) in [5.41, 5.74) is 1.18. The van der Waals surface area contributed by atoms with E-state index in [-0.39, 0.29) is 11.6 Å². The third kappa shape index (κ3) is 3.97. The highest BCUT2D eigenvalue weighted by Crippen LogP contribution is 2.30. The molecule has 27 heavy (non-hydrogen) atoms. The van der Waals surface area contributed by atoms with Gasteiger partial charge in [-0.3, -0.25) is 9.80 Å². The molecule has 3 rings (SSSR count). The number of para-hydroxylation sites is 1. The molecular formula is C18H22N4O4S. The molecule has 1 fully saturated rings. The number of hydrogen-bond acceptors (Lipinski definition) is 6. The molecule has 1 amide bonds. The van der Waals surface area contributed by atoms with Gasteiger partial charge in [-0.1, -0.05) is 17.3 Å². The Morgan fingerprint density at radius 1 is 1.30 bits per heavy atom. The first-order valence-electron chi connectivity index (χ1n) is 8.55. The summed E-state index contributed by atoms with van der Waals surface area (Å²) >= 11 is 5.51. The van der Waals surface area contributed by atoms with Crippen molar-refractivity contribution >= 4 is 23.2 Å². The van der Waals surface area contributed by atoms with Crippen LogP contribution in [0.3, 0.4) is 0 Å². The van der Waals surface area contributed by atoms with E-state index in [0.717, 1.165) is 12.0 Å². The van der Waals surface area contributed by atoms with Gasteiger partial charge < -0.3 is 19.3 Å². The third-order valence-corrected chi connectivity index (χ3v) is 4.62. The van der Waals surface area contributed by atoms with Gasteiger partial charge >= 0.3 is 0 Å². The van der Waals surface area contributed by atoms with E-state index < -0.39 is 0 Å². The highest BCUT2D eigenvalue weighted by atomic mass is 32.1. The minimum atomic E-state index is -0.229. The van der Waals surface area contributed by atoms with Crippen molar-refractivity contribution in [2.75, 3.05) is 27.3 Å². The van der Waals surface area contributed by atoms with Gasteiger partial charge in [-0.2, -0.15) is 0 Å². The number of hydrazine groups is 1. The summed E-state index contributed by atoms with van der Waals surface area (Å²) in [4.78, 5) is 12.7. The van der Waals surface area contributed by atoms with Gasteiger partial charge in [0.1, 0.15) is 5.76 Å². The second kappa shape index (κ2) is 8.26. The van der Waals surface area contributed by atoms with Gasteiger partial charge in [0, 0.05) is 31.3 Å². The summed E-state index contributed by atoms with van der Waals surface area (Å²) in [6.45, 7) is 3.43. The first-order chi connectivity index (χ1) is 13.0. The lowest BCUT2D eigenvalue weighted by molar-refractivity contribution is 0.0481. The quantitative estimate of drug-likeness (QED) is 0.778. The molecule has 0 atom stereocenters. The molecule has 1 aliphatic rings. The zero-order valence-corrected chi connectivity index (χ0v) is 16.3. The molecule has 0 radical (unpaired) electrons. The Labute approximate surface area is 163 Å². The largest absolute Gasteiger partial charge is 0.493 e. The second-order valence-corrected chi connectivity index (χ2v) is 6.43. The van der Waals surface area contributed by atoms with Crippen LogP contribution in [-0.2, 0) is 6.54 Å². The van der Waals surface area contributed by atoms with Crippen LogP contribution in [0.4, 0.5) is 0 Å². The minimum Gasteiger partial charge on any atom is -0.493 e. The lowest BCUT2D eigenvalue weighted by atomic mass is 10.2. The Kier molecular flexibility index (Phi) is 5.80. The number of nitrogens with one attached hydrogen (secondary N) is 1. The van der Waals surface area contributed by atoms with Crippen molar-refractivity contribution in [3.8, 4) is 11.5 Å². The fraction of sp³-hybridized carbons (Fsp3) is 0.389. The predicted octanol–water partition coefficient (Wildman–Crippen LogP) is 2.14. The third-order valence-electron chi connectivity index (χ3n) is 4.26. The maximum atomic E-state index is 12.7. The summed E-state index contributed by atoms with van der Waals surface area (Å²) in [5, 5.41) is 10.8. The summed E-state index contributed by atoms with van der Waals surface area (Å²) in [6, 6.07) is 7.28. The van der Waals surface area contributed by atoms with Crippen molar-refractivity contribution in [2.24, 2.45) is 0 Å². The Morgan fingerprint density at radius 3 is 2.74 bits per heavy atom. The Hall–Kier alpha value is -2.81. The van der Waals surface area contributed by atoms with Gasteiger partial charge in [-0.15, -0.1) is 0 Å². The van der Waals surface area contributed by atoms with Gasteiger partial charge in [0.15, 0.2) is 22.3 Å². The molecule has 144 valence electrons. The predicted molar refractivity (Wildman–Crippen MR) is 103 cm³/mol. The number of nitrogens with zero attached hydrogens (tertiary/aromatic N) is 3. The van der Waals surface area contributed by atoms with Crippen LogP contribution in [0.5, 0.6) is 11.5 Å². The lowest BCUT2D eigenvalue weighted by Gasteiger charge is -2.29. The number of rotatable bonds is 5. The van der Waals surface area contributed by atoms with E-state index in [1.54, 1.807) is 37.2 Å². The smallest absolute Gasteiger partial charge is 0.294 e. The molecule has 1 N–H and O–H groups in total. The normalized spacial score (nSPS) is 13.6. The molecule has 0 unspecified atom stereocenters. The molecule has 9 heteroatoms. The van der Waals surface area contributed by atoms with Crippen LogP contribution in [-0.4, -0.2) is 53.5 Å². The van der Waals surface area contributed by atoms with Gasteiger partial charge in [0.25, 0.3) is 5.91 Å². The average molecular weight is 390 g/mol. The monoisotopic (exact) mass is 390 g/mol. The molecule has 1 saturated heterocycles. The molecule has 1 aromatic heterocycles. The first-order valence-corrected chi connectivity index (χ1v) is 8.96. The van der Waals surface area contributed by atoms with Crippen LogP contribution in [0.1, 0.15) is 28.2 Å². The van der Waals surface area contributed by atoms with Gasteiger partial charge in [-0.05, 0) is 31.6 Å². The first kappa shape index (κ1) is 19.0. The van der Waals surface area contributed by atoms with E-state index in [4.69, 9.17) is 26.2 Å². The Bertz CT molecular complexity index is 839. The topological polar surface area (TPSA) is 80.1 Å². The number of amides is 1. The van der Waals surface area contributed by atoms with E-state index in [9.17, 15) is 4.79 Å². The molecular weight excluding hydrogens is 368 g/mol. The molecule has 1 aliphatic heterocycles. The SMILES string of the molecule is COc1cccc(CNC(=S)N2CCCN2C(=O)c2cc(C)on2)c1OC. The van der Waals surface area contributed by atoms with Crippen molar-refractivity contribution in [3.63, 3.8) is 0 Å². The molecule has 0 aliphatic carbocycles. The lowest BCUT2D eigenvalue weighted by Crippen LogP contribution is -2.49. The van der Waals surface area contributed by atoms with Crippen molar-refractivity contribution in [2.45, 2.75) is 19.9 Å². The number of carbonyl (C=O) groups excluding carboxylic acids is 1. The fourth-order valence-electron chi connectivity index (χ4n) is 2.99. The van der Waals surface area contributed by atoms with Crippen LogP contribution in [0.25, 0.3) is 0 Å². The number of methoxy groups -OCH3 is 2. The number of carbonyl (C=O) groups is 1. The van der Waals surface area contributed by atoms with E-state index in [1.807, 2.05) is 18.2 Å². The number of benzene rings is 1. The standard InChI is InChI=1S/C18H22N4O4S/c1-12-10-14(20-26-12)17(23)21-8-5-9-22(21)18(27)19-11-13-6-4-7-15(24-2)16(13)25-3/h4,6-7,10H,5,8-9,11H2,1-3H3,(H,19,27). The molecule has 2 heterocycles. The highest BCUT2D eigenvalue weighted by Gasteiger charge is 2.31. The second-order valence-electron chi connectivity index (χ2n) is 6.04. The van der Waals surface area contributed by atoms with Crippen molar-refractivity contribution in [1.82, 2.24) is 20.5 Å². The van der Waals surface area contributed by atoms with Gasteiger partial charge in [-0.25, -0.2) is 5.01 Å². The van der Waals surface area contributed by atoms with Crippen molar-refractivity contribution in [1.29, 1.82) is 0 Å². The average Bonchev–Trinajstić information content (AvgIpc) is 3.34. The van der Waals surface area contributed by atoms with Crippen LogP contribution >= 0.6 is 12.2 Å². The molecule has 8 nitrogen and oxygen atoms in total. The van der Waals surface area contributed by atoms with Crippen molar-refractivity contribution in [3.05, 3.63) is 41.3 Å². The molecule has 2 aromatic rings. The van der Waals surface area contributed by atoms with E-state index >= 15 is 0 Å². The maximum absolute atomic E-state index is 12.7. The van der Waals surface area contributed by atoms with Crippen LogP contribution in [0.2, 0.25) is 0 Å². The Morgan fingerprint density at radius 2 is 2.07 bits per heavy atom. The number of hydrogen-bond donors (Lipinski definition) is 1. The number of thiocarbonyl (C=S) groups is 1. The van der Waals surface area contributed by atoms with E-state index in [1.165, 1.54) is 0 Å². The maximum Gasteiger partial charge on any atom is 0.294 e. The zero-order chi connectivity index (χ0) is 19.4. The number of aryl methyl sites for hydroxylation is 1. The van der Waals surface area contributed by atoms with Crippen LogP contribution < -0.4 is 14.8 Å². The highest BCUT2D eigenvalue weighted by molar-refractivity contribution is 7.80. The fourth-order valence-corrected chi connectivity index (χ4v) is 3.25. The minimum absolute atomic E-state index is 0.229. The summed E-state index contributed by atoms with van der Waals surface area (Å²) in [7, 11) is 3.19. The molecule has 0 saturated carbocycles. The van der Waals surface area contributed by atoms with Crippen LogP contribution in [0.15, 0.2) is 28.8 Å². The molecule has 1 aromatic carbocycles. The Balaban J connectivity index is 1.68. The molecule has 0 spiro atoms. The summed E-state index contributed by atoms with van der Waals surface area (Å²) < 4.78 is 15.8. The summed E-state index contributed by atoms with van der Waals surface area (Å²) in [6.07, 6.45) is 0.826. The molecule has 0 bridgehead atoms. The van der Waals surface area contributed by atoms with Crippen LogP contribution in [0, 0.1) is 6.92 Å².